The van der Waals surface area contributed by atoms with Crippen LogP contribution in [0.4, 0.5) is 15.9 Å². The van der Waals surface area contributed by atoms with Crippen molar-refractivity contribution in [3.8, 4) is 22.8 Å². The normalized spacial score (nSPS) is 10.9. The Morgan fingerprint density at radius 2 is 2.00 bits per heavy atom. The van der Waals surface area contributed by atoms with E-state index < -0.39 is 0 Å². The van der Waals surface area contributed by atoms with Crippen LogP contribution in [0.25, 0.3) is 16.9 Å². The molecule has 0 saturated carbocycles. The van der Waals surface area contributed by atoms with Crippen molar-refractivity contribution >= 4 is 17.2 Å². The number of hydrogen-bond donors (Lipinski definition) is 1. The van der Waals surface area contributed by atoms with Crippen LogP contribution in [0.5, 0.6) is 11.5 Å². The first-order valence-electron chi connectivity index (χ1n) is 9.27. The second-order valence-corrected chi connectivity index (χ2v) is 6.52. The average Bonchev–Trinajstić information content (AvgIpc) is 3.20. The molecule has 0 spiro atoms. The number of aryl methyl sites for hydroxylation is 1. The number of halogens is 1. The van der Waals surface area contributed by atoms with Crippen molar-refractivity contribution in [3.05, 3.63) is 66.4 Å². The van der Waals surface area contributed by atoms with Gasteiger partial charge in [0, 0.05) is 35.9 Å². The van der Waals surface area contributed by atoms with E-state index in [2.05, 4.69) is 10.3 Å². The molecular weight excluding hydrogens is 371 g/mol. The van der Waals surface area contributed by atoms with Gasteiger partial charge in [-0.15, -0.1) is 0 Å². The van der Waals surface area contributed by atoms with Crippen LogP contribution in [0.15, 0.2) is 55.0 Å². The van der Waals surface area contributed by atoms with Crippen LogP contribution in [-0.2, 0) is 0 Å². The van der Waals surface area contributed by atoms with Crippen LogP contribution in [0.1, 0.15) is 12.5 Å². The van der Waals surface area contributed by atoms with E-state index in [4.69, 9.17) is 14.5 Å². The van der Waals surface area contributed by atoms with Crippen LogP contribution in [-0.4, -0.2) is 28.1 Å². The summed E-state index contributed by atoms with van der Waals surface area (Å²) in [5.41, 5.74) is 3.57. The van der Waals surface area contributed by atoms with Gasteiger partial charge in [0.1, 0.15) is 5.82 Å². The van der Waals surface area contributed by atoms with E-state index in [-0.39, 0.29) is 5.82 Å². The maximum absolute atomic E-state index is 13.7. The van der Waals surface area contributed by atoms with E-state index in [1.807, 2.05) is 41.9 Å². The quantitative estimate of drug-likeness (QED) is 0.501. The topological polar surface area (TPSA) is 60.7 Å². The third kappa shape index (κ3) is 3.71. The molecule has 0 saturated heterocycles. The highest BCUT2D eigenvalue weighted by Gasteiger charge is 2.12. The molecule has 0 aliphatic carbocycles. The molecule has 6 nitrogen and oxygen atoms in total. The van der Waals surface area contributed by atoms with Gasteiger partial charge in [-0.05, 0) is 49.7 Å². The Balaban J connectivity index is 1.75. The van der Waals surface area contributed by atoms with Gasteiger partial charge in [0.2, 0.25) is 0 Å². The zero-order valence-electron chi connectivity index (χ0n) is 16.4. The molecule has 0 aliphatic heterocycles. The van der Waals surface area contributed by atoms with Gasteiger partial charge >= 0.3 is 0 Å². The monoisotopic (exact) mass is 392 g/mol. The van der Waals surface area contributed by atoms with E-state index >= 15 is 0 Å². The summed E-state index contributed by atoms with van der Waals surface area (Å²) < 4.78 is 26.6. The van der Waals surface area contributed by atoms with Gasteiger partial charge in [-0.3, -0.25) is 0 Å². The van der Waals surface area contributed by atoms with Gasteiger partial charge in [-0.1, -0.05) is 0 Å². The molecule has 2 heterocycles. The van der Waals surface area contributed by atoms with Crippen LogP contribution >= 0.6 is 0 Å². The fourth-order valence-corrected chi connectivity index (χ4v) is 3.12. The SMILES string of the molecule is CCOc1ccc(Nc2nc(-c3ccc(F)c(C)c3)cn3ccnc23)cc1OC. The number of nitrogens with one attached hydrogen (secondary N) is 1. The van der Waals surface area contributed by atoms with Crippen molar-refractivity contribution < 1.29 is 13.9 Å². The summed E-state index contributed by atoms with van der Waals surface area (Å²) in [6.07, 6.45) is 5.43. The predicted octanol–water partition coefficient (Wildman–Crippen LogP) is 4.99. The second kappa shape index (κ2) is 7.79. The number of anilines is 2. The van der Waals surface area contributed by atoms with Crippen molar-refractivity contribution in [1.29, 1.82) is 0 Å². The summed E-state index contributed by atoms with van der Waals surface area (Å²) in [6, 6.07) is 10.5. The molecule has 29 heavy (non-hydrogen) atoms. The molecule has 1 N–H and O–H groups in total. The lowest BCUT2D eigenvalue weighted by Gasteiger charge is -2.13. The van der Waals surface area contributed by atoms with Crippen molar-refractivity contribution in [2.24, 2.45) is 0 Å². The zero-order valence-corrected chi connectivity index (χ0v) is 16.4. The number of hydrogen-bond acceptors (Lipinski definition) is 5. The van der Waals surface area contributed by atoms with E-state index in [1.165, 1.54) is 6.07 Å². The molecule has 0 amide bonds. The van der Waals surface area contributed by atoms with Crippen LogP contribution in [0, 0.1) is 12.7 Å². The molecule has 0 aliphatic rings. The summed E-state index contributed by atoms with van der Waals surface area (Å²) in [5.74, 6) is 1.65. The number of imidazole rings is 1. The smallest absolute Gasteiger partial charge is 0.180 e. The summed E-state index contributed by atoms with van der Waals surface area (Å²) in [5, 5.41) is 3.31. The van der Waals surface area contributed by atoms with Crippen LogP contribution in [0.2, 0.25) is 0 Å². The molecule has 0 bridgehead atoms. The number of methoxy groups -OCH3 is 1. The highest BCUT2D eigenvalue weighted by Crippen LogP contribution is 2.32. The van der Waals surface area contributed by atoms with E-state index in [9.17, 15) is 4.39 Å². The molecule has 0 unspecified atom stereocenters. The summed E-state index contributed by atoms with van der Waals surface area (Å²) in [7, 11) is 1.60. The standard InChI is InChI=1S/C22H21FN4O2/c1-4-29-19-8-6-16(12-20(19)28-3)25-21-22-24-9-10-27(22)13-18(26-21)15-5-7-17(23)14(2)11-15/h5-13H,4H2,1-3H3,(H,25,26). The number of ether oxygens (including phenoxy) is 2. The Kier molecular flexibility index (Phi) is 5.03. The predicted molar refractivity (Wildman–Crippen MR) is 111 cm³/mol. The Hall–Kier alpha value is -3.61. The Morgan fingerprint density at radius 3 is 2.76 bits per heavy atom. The molecule has 0 fully saturated rings. The Labute approximate surface area is 168 Å². The van der Waals surface area contributed by atoms with E-state index in [0.717, 1.165) is 11.3 Å². The first kappa shape index (κ1) is 18.7. The molecule has 2 aromatic carbocycles. The van der Waals surface area contributed by atoms with Crippen molar-refractivity contribution in [2.45, 2.75) is 13.8 Å². The zero-order chi connectivity index (χ0) is 20.4. The van der Waals surface area contributed by atoms with Crippen molar-refractivity contribution in [1.82, 2.24) is 14.4 Å². The van der Waals surface area contributed by atoms with Gasteiger partial charge in [0.05, 0.1) is 19.4 Å². The summed E-state index contributed by atoms with van der Waals surface area (Å²) >= 11 is 0. The fraction of sp³-hybridized carbons (Fsp3) is 0.182. The van der Waals surface area contributed by atoms with Gasteiger partial charge < -0.3 is 19.2 Å². The lowest BCUT2D eigenvalue weighted by Crippen LogP contribution is -2.01. The fourth-order valence-electron chi connectivity index (χ4n) is 3.12. The average molecular weight is 392 g/mol. The van der Waals surface area contributed by atoms with E-state index in [0.29, 0.717) is 40.8 Å². The minimum Gasteiger partial charge on any atom is -0.493 e. The Morgan fingerprint density at radius 1 is 1.14 bits per heavy atom. The van der Waals surface area contributed by atoms with Crippen LogP contribution < -0.4 is 14.8 Å². The van der Waals surface area contributed by atoms with Crippen LogP contribution in [0.3, 0.4) is 0 Å². The molecule has 7 heteroatoms. The maximum atomic E-state index is 13.7. The molecule has 2 aromatic heterocycles. The highest BCUT2D eigenvalue weighted by atomic mass is 19.1. The number of nitrogens with zero attached hydrogens (tertiary/aromatic N) is 3. The number of aromatic nitrogens is 3. The molecule has 148 valence electrons. The second-order valence-electron chi connectivity index (χ2n) is 6.52. The Bertz CT molecular complexity index is 1170. The number of rotatable bonds is 6. The van der Waals surface area contributed by atoms with Crippen molar-refractivity contribution in [3.63, 3.8) is 0 Å². The lowest BCUT2D eigenvalue weighted by molar-refractivity contribution is 0.311. The molecule has 0 radical (unpaired) electrons. The van der Waals surface area contributed by atoms with Gasteiger partial charge in [0.15, 0.2) is 23.0 Å². The molecular formula is C22H21FN4O2. The van der Waals surface area contributed by atoms with Crippen molar-refractivity contribution in [2.75, 3.05) is 19.0 Å². The first-order chi connectivity index (χ1) is 14.1. The minimum absolute atomic E-state index is 0.239. The number of benzene rings is 2. The third-order valence-electron chi connectivity index (χ3n) is 4.55. The highest BCUT2D eigenvalue weighted by molar-refractivity contribution is 5.74. The third-order valence-corrected chi connectivity index (χ3v) is 4.55. The first-order valence-corrected chi connectivity index (χ1v) is 9.27. The van der Waals surface area contributed by atoms with Gasteiger partial charge in [0.25, 0.3) is 0 Å². The summed E-state index contributed by atoms with van der Waals surface area (Å²) in [6.45, 7) is 4.21. The van der Waals surface area contributed by atoms with Gasteiger partial charge in [-0.2, -0.15) is 0 Å². The molecule has 0 atom stereocenters. The number of fused-ring (bicyclic) bond motifs is 1. The summed E-state index contributed by atoms with van der Waals surface area (Å²) in [4.78, 5) is 9.13. The largest absolute Gasteiger partial charge is 0.493 e. The lowest BCUT2D eigenvalue weighted by atomic mass is 10.1. The molecule has 4 aromatic rings. The minimum atomic E-state index is -0.239. The maximum Gasteiger partial charge on any atom is 0.180 e. The van der Waals surface area contributed by atoms with Gasteiger partial charge in [-0.25, -0.2) is 14.4 Å². The van der Waals surface area contributed by atoms with E-state index in [1.54, 1.807) is 32.4 Å². The molecule has 4 rings (SSSR count).